The number of nitrogens with one attached hydrogen (secondary N) is 2. The van der Waals surface area contributed by atoms with E-state index in [-0.39, 0.29) is 5.91 Å². The van der Waals surface area contributed by atoms with Crippen LogP contribution in [-0.2, 0) is 14.9 Å². The van der Waals surface area contributed by atoms with E-state index in [4.69, 9.17) is 16.3 Å². The average Bonchev–Trinajstić information content (AvgIpc) is 2.42. The van der Waals surface area contributed by atoms with Gasteiger partial charge in [-0.1, -0.05) is 23.7 Å². The van der Waals surface area contributed by atoms with Crippen molar-refractivity contribution in [2.45, 2.75) is 19.3 Å². The molecule has 0 unspecified atom stereocenters. The van der Waals surface area contributed by atoms with Crippen molar-refractivity contribution >= 4 is 17.5 Å². The summed E-state index contributed by atoms with van der Waals surface area (Å²) in [7, 11) is 1.66. The predicted molar refractivity (Wildman–Crippen MR) is 82.2 cm³/mol. The molecule has 1 aromatic carbocycles. The van der Waals surface area contributed by atoms with Gasteiger partial charge in [-0.3, -0.25) is 4.79 Å². The third-order valence-electron chi connectivity index (χ3n) is 3.18. The fraction of sp³-hybridized carbons (Fsp3) is 0.533. The van der Waals surface area contributed by atoms with E-state index < -0.39 is 5.41 Å². The third kappa shape index (κ3) is 5.12. The first-order valence-electron chi connectivity index (χ1n) is 6.72. The molecule has 0 aromatic heterocycles. The number of rotatable bonds is 8. The lowest BCUT2D eigenvalue weighted by Crippen LogP contribution is -2.42. The van der Waals surface area contributed by atoms with Gasteiger partial charge in [0, 0.05) is 31.8 Å². The zero-order valence-electron chi connectivity index (χ0n) is 12.3. The second kappa shape index (κ2) is 8.25. The number of benzene rings is 1. The molecule has 0 bridgehead atoms. The summed E-state index contributed by atoms with van der Waals surface area (Å²) in [5.41, 5.74) is 0.312. The summed E-state index contributed by atoms with van der Waals surface area (Å²) < 4.78 is 4.93. The van der Waals surface area contributed by atoms with E-state index in [0.29, 0.717) is 18.2 Å². The van der Waals surface area contributed by atoms with Gasteiger partial charge >= 0.3 is 0 Å². The van der Waals surface area contributed by atoms with Crippen molar-refractivity contribution in [2.24, 2.45) is 0 Å². The lowest BCUT2D eigenvalue weighted by molar-refractivity contribution is -0.125. The number of carbonyl (C=O) groups excluding carboxylic acids is 1. The molecule has 0 aliphatic carbocycles. The second-order valence-electron chi connectivity index (χ2n) is 5.13. The monoisotopic (exact) mass is 298 g/mol. The van der Waals surface area contributed by atoms with Crippen LogP contribution in [0.1, 0.15) is 19.4 Å². The molecule has 1 rings (SSSR count). The molecule has 0 fully saturated rings. The lowest BCUT2D eigenvalue weighted by Gasteiger charge is -2.24. The Bertz CT molecular complexity index is 436. The highest BCUT2D eigenvalue weighted by atomic mass is 35.5. The molecule has 0 aliphatic rings. The standard InChI is InChI=1S/C15H23ClN2O2/c1-15(2,12-5-4-6-13(16)11-12)14(19)18-8-7-17-9-10-20-3/h4-6,11,17H,7-10H2,1-3H3,(H,18,19). The van der Waals surface area contributed by atoms with Crippen molar-refractivity contribution in [1.82, 2.24) is 10.6 Å². The van der Waals surface area contributed by atoms with Crippen molar-refractivity contribution in [3.05, 3.63) is 34.9 Å². The highest BCUT2D eigenvalue weighted by Gasteiger charge is 2.29. The van der Waals surface area contributed by atoms with Gasteiger partial charge in [-0.15, -0.1) is 0 Å². The molecular formula is C15H23ClN2O2. The summed E-state index contributed by atoms with van der Waals surface area (Å²) in [6, 6.07) is 7.41. The molecular weight excluding hydrogens is 276 g/mol. The summed E-state index contributed by atoms with van der Waals surface area (Å²) in [5.74, 6) is -0.00620. The van der Waals surface area contributed by atoms with E-state index in [1.807, 2.05) is 32.0 Å². The molecule has 1 amide bonds. The van der Waals surface area contributed by atoms with Crippen LogP contribution in [0.15, 0.2) is 24.3 Å². The lowest BCUT2D eigenvalue weighted by atomic mass is 9.84. The molecule has 112 valence electrons. The van der Waals surface area contributed by atoms with Gasteiger partial charge in [-0.25, -0.2) is 0 Å². The molecule has 20 heavy (non-hydrogen) atoms. The van der Waals surface area contributed by atoms with E-state index in [0.717, 1.165) is 18.7 Å². The van der Waals surface area contributed by atoms with Crippen LogP contribution in [0.5, 0.6) is 0 Å². The molecule has 0 radical (unpaired) electrons. The Kier molecular flexibility index (Phi) is 6.99. The minimum absolute atomic E-state index is 0.00620. The van der Waals surface area contributed by atoms with Gasteiger partial charge in [0.2, 0.25) is 5.91 Å². The topological polar surface area (TPSA) is 50.4 Å². The van der Waals surface area contributed by atoms with Crippen LogP contribution in [0.4, 0.5) is 0 Å². The molecule has 0 heterocycles. The number of hydrogen-bond donors (Lipinski definition) is 2. The first-order valence-corrected chi connectivity index (χ1v) is 7.10. The van der Waals surface area contributed by atoms with E-state index >= 15 is 0 Å². The molecule has 1 aromatic rings. The summed E-state index contributed by atoms with van der Waals surface area (Å²) in [4.78, 5) is 12.3. The van der Waals surface area contributed by atoms with Gasteiger partial charge in [-0.2, -0.15) is 0 Å². The Morgan fingerprint density at radius 3 is 2.70 bits per heavy atom. The SMILES string of the molecule is COCCNCCNC(=O)C(C)(C)c1cccc(Cl)c1. The second-order valence-corrected chi connectivity index (χ2v) is 5.57. The maximum atomic E-state index is 12.3. The Morgan fingerprint density at radius 1 is 1.30 bits per heavy atom. The molecule has 2 N–H and O–H groups in total. The Labute approximate surface area is 125 Å². The van der Waals surface area contributed by atoms with E-state index in [1.54, 1.807) is 13.2 Å². The summed E-state index contributed by atoms with van der Waals surface area (Å²) in [6.07, 6.45) is 0. The number of amides is 1. The van der Waals surface area contributed by atoms with Crippen molar-refractivity contribution in [3.8, 4) is 0 Å². The number of carbonyl (C=O) groups is 1. The van der Waals surface area contributed by atoms with Crippen molar-refractivity contribution in [3.63, 3.8) is 0 Å². The maximum Gasteiger partial charge on any atom is 0.230 e. The van der Waals surface area contributed by atoms with Crippen LogP contribution in [0.3, 0.4) is 0 Å². The van der Waals surface area contributed by atoms with Crippen molar-refractivity contribution < 1.29 is 9.53 Å². The van der Waals surface area contributed by atoms with Gasteiger partial charge < -0.3 is 15.4 Å². The van der Waals surface area contributed by atoms with Gasteiger partial charge in [-0.05, 0) is 31.5 Å². The van der Waals surface area contributed by atoms with Gasteiger partial charge in [0.05, 0.1) is 12.0 Å². The van der Waals surface area contributed by atoms with Crippen LogP contribution < -0.4 is 10.6 Å². The number of ether oxygens (including phenoxy) is 1. The zero-order chi connectivity index (χ0) is 15.0. The fourth-order valence-corrected chi connectivity index (χ4v) is 1.98. The minimum atomic E-state index is -0.600. The van der Waals surface area contributed by atoms with Crippen LogP contribution in [-0.4, -0.2) is 39.3 Å². The zero-order valence-corrected chi connectivity index (χ0v) is 13.1. The first-order chi connectivity index (χ1) is 9.48. The van der Waals surface area contributed by atoms with Crippen LogP contribution >= 0.6 is 11.6 Å². The third-order valence-corrected chi connectivity index (χ3v) is 3.42. The summed E-state index contributed by atoms with van der Waals surface area (Å²) in [5, 5.41) is 6.76. The highest BCUT2D eigenvalue weighted by Crippen LogP contribution is 2.25. The molecule has 0 saturated carbocycles. The molecule has 5 heteroatoms. The number of halogens is 1. The Balaban J connectivity index is 2.45. The Morgan fingerprint density at radius 2 is 2.05 bits per heavy atom. The molecule has 0 atom stereocenters. The van der Waals surface area contributed by atoms with E-state index in [9.17, 15) is 4.79 Å². The maximum absolute atomic E-state index is 12.3. The average molecular weight is 299 g/mol. The first kappa shape index (κ1) is 17.0. The Hall–Kier alpha value is -1.10. The van der Waals surface area contributed by atoms with Crippen molar-refractivity contribution in [2.75, 3.05) is 33.4 Å². The van der Waals surface area contributed by atoms with Crippen LogP contribution in [0.25, 0.3) is 0 Å². The van der Waals surface area contributed by atoms with Gasteiger partial charge in [0.15, 0.2) is 0 Å². The molecule has 0 aliphatic heterocycles. The fourth-order valence-electron chi connectivity index (χ4n) is 1.79. The van der Waals surface area contributed by atoms with Crippen LogP contribution in [0.2, 0.25) is 5.02 Å². The molecule has 0 spiro atoms. The van der Waals surface area contributed by atoms with E-state index in [2.05, 4.69) is 10.6 Å². The molecule has 0 saturated heterocycles. The quantitative estimate of drug-likeness (QED) is 0.722. The largest absolute Gasteiger partial charge is 0.383 e. The molecule has 4 nitrogen and oxygen atoms in total. The van der Waals surface area contributed by atoms with Crippen molar-refractivity contribution in [1.29, 1.82) is 0 Å². The smallest absolute Gasteiger partial charge is 0.230 e. The predicted octanol–water partition coefficient (Wildman–Crippen LogP) is 1.97. The van der Waals surface area contributed by atoms with Crippen LogP contribution in [0, 0.1) is 0 Å². The highest BCUT2D eigenvalue weighted by molar-refractivity contribution is 6.30. The number of methoxy groups -OCH3 is 1. The summed E-state index contributed by atoms with van der Waals surface area (Å²) in [6.45, 7) is 6.55. The van der Waals surface area contributed by atoms with E-state index in [1.165, 1.54) is 0 Å². The normalized spacial score (nSPS) is 11.4. The van der Waals surface area contributed by atoms with Gasteiger partial charge in [0.25, 0.3) is 0 Å². The van der Waals surface area contributed by atoms with Gasteiger partial charge in [0.1, 0.15) is 0 Å². The number of hydrogen-bond acceptors (Lipinski definition) is 3. The summed E-state index contributed by atoms with van der Waals surface area (Å²) >= 11 is 5.98. The minimum Gasteiger partial charge on any atom is -0.383 e.